The number of nitrogens with zero attached hydrogens (tertiary/aromatic N) is 4. The fraction of sp³-hybridized carbons (Fsp3) is 0.292. The van der Waals surface area contributed by atoms with Gasteiger partial charge in [0.25, 0.3) is 18.2 Å². The van der Waals surface area contributed by atoms with Crippen molar-refractivity contribution in [2.45, 2.75) is 33.1 Å². The largest absolute Gasteiger partial charge is 0.396 e. The van der Waals surface area contributed by atoms with Gasteiger partial charge in [0.2, 0.25) is 0 Å². The molecule has 0 aliphatic carbocycles. The van der Waals surface area contributed by atoms with Gasteiger partial charge >= 0.3 is 0 Å². The fourth-order valence-corrected chi connectivity index (χ4v) is 3.77. The zero-order chi connectivity index (χ0) is 26.9. The molecule has 9 nitrogen and oxygen atoms in total. The molecule has 196 valence electrons. The highest BCUT2D eigenvalue weighted by Gasteiger charge is 2.25. The molecule has 37 heavy (non-hydrogen) atoms. The summed E-state index contributed by atoms with van der Waals surface area (Å²) in [6.07, 6.45) is 1.25. The lowest BCUT2D eigenvalue weighted by Crippen LogP contribution is -2.27. The van der Waals surface area contributed by atoms with E-state index < -0.39 is 23.9 Å². The number of carbonyl (C=O) groups is 2. The van der Waals surface area contributed by atoms with Gasteiger partial charge in [0, 0.05) is 24.0 Å². The number of rotatable bonds is 11. The van der Waals surface area contributed by atoms with E-state index in [4.69, 9.17) is 28.0 Å². The normalized spacial score (nSPS) is 11.2. The number of unbranched alkanes of at least 4 members (excludes halogenated alkanes) is 1. The van der Waals surface area contributed by atoms with Crippen LogP contribution in [0.4, 0.5) is 14.5 Å². The molecule has 0 unspecified atom stereocenters. The first-order valence-electron chi connectivity index (χ1n) is 11.2. The topological polar surface area (TPSA) is 110 Å². The Bertz CT molecular complexity index is 1300. The van der Waals surface area contributed by atoms with Crippen molar-refractivity contribution in [1.29, 1.82) is 0 Å². The molecular formula is C24H24Cl2F2N6O3. The fourth-order valence-electron chi connectivity index (χ4n) is 3.30. The summed E-state index contributed by atoms with van der Waals surface area (Å²) in [6, 6.07) is 6.96. The molecule has 0 saturated heterocycles. The van der Waals surface area contributed by atoms with Crippen molar-refractivity contribution in [1.82, 2.24) is 20.1 Å². The van der Waals surface area contributed by atoms with Gasteiger partial charge in [-0.15, -0.1) is 0 Å². The van der Waals surface area contributed by atoms with Crippen LogP contribution >= 0.6 is 23.2 Å². The number of anilines is 1. The van der Waals surface area contributed by atoms with Crippen molar-refractivity contribution in [2.75, 3.05) is 18.5 Å². The summed E-state index contributed by atoms with van der Waals surface area (Å²) in [7, 11) is 0. The highest BCUT2D eigenvalue weighted by atomic mass is 35.5. The molecule has 1 aromatic carbocycles. The monoisotopic (exact) mass is 552 g/mol. The first kappa shape index (κ1) is 28.0. The quantitative estimate of drug-likeness (QED) is 0.182. The number of amides is 2. The minimum atomic E-state index is -2.94. The van der Waals surface area contributed by atoms with Gasteiger partial charge in [-0.1, -0.05) is 28.4 Å². The van der Waals surface area contributed by atoms with Gasteiger partial charge in [-0.25, -0.2) is 18.4 Å². The Kier molecular flexibility index (Phi) is 9.93. The zero-order valence-corrected chi connectivity index (χ0v) is 21.5. The highest BCUT2D eigenvalue weighted by molar-refractivity contribution is 6.32. The highest BCUT2D eigenvalue weighted by Crippen LogP contribution is 2.28. The predicted octanol–water partition coefficient (Wildman–Crippen LogP) is 5.60. The lowest BCUT2D eigenvalue weighted by atomic mass is 10.1. The van der Waals surface area contributed by atoms with Gasteiger partial charge in [0.05, 0.1) is 16.3 Å². The van der Waals surface area contributed by atoms with E-state index in [0.29, 0.717) is 31.6 Å². The summed E-state index contributed by atoms with van der Waals surface area (Å²) in [5.41, 5.74) is -0.109. The molecule has 0 atom stereocenters. The second-order valence-electron chi connectivity index (χ2n) is 7.68. The number of halogens is 4. The number of aromatic nitrogens is 3. The van der Waals surface area contributed by atoms with E-state index >= 15 is 0 Å². The number of hydrogen-bond acceptors (Lipinski definition) is 6. The van der Waals surface area contributed by atoms with Gasteiger partial charge in [0.15, 0.2) is 5.82 Å². The van der Waals surface area contributed by atoms with E-state index in [9.17, 15) is 18.4 Å². The summed E-state index contributed by atoms with van der Waals surface area (Å²) in [6.45, 7) is 4.27. The number of alkyl halides is 2. The molecule has 2 amide bonds. The Morgan fingerprint density at radius 1 is 1.24 bits per heavy atom. The first-order chi connectivity index (χ1) is 17.7. The van der Waals surface area contributed by atoms with Gasteiger partial charge in [0.1, 0.15) is 18.0 Å². The van der Waals surface area contributed by atoms with Crippen molar-refractivity contribution in [2.24, 2.45) is 5.16 Å². The van der Waals surface area contributed by atoms with Crippen molar-refractivity contribution in [3.63, 3.8) is 0 Å². The van der Waals surface area contributed by atoms with E-state index in [1.807, 2.05) is 6.92 Å². The predicted molar refractivity (Wildman–Crippen MR) is 137 cm³/mol. The molecule has 0 fully saturated rings. The third kappa shape index (κ3) is 7.23. The van der Waals surface area contributed by atoms with Crippen molar-refractivity contribution >= 4 is 46.9 Å². The second kappa shape index (κ2) is 13.1. The molecule has 3 rings (SSSR count). The van der Waals surface area contributed by atoms with E-state index in [-0.39, 0.29) is 32.8 Å². The molecule has 0 spiro atoms. The maximum Gasteiger partial charge on any atom is 0.282 e. The van der Waals surface area contributed by atoms with Crippen LogP contribution in [0.15, 0.2) is 41.7 Å². The molecule has 0 saturated carbocycles. The maximum absolute atomic E-state index is 13.4. The van der Waals surface area contributed by atoms with Gasteiger partial charge in [-0.3, -0.25) is 9.59 Å². The Balaban J connectivity index is 1.86. The number of benzene rings is 1. The van der Waals surface area contributed by atoms with Crippen molar-refractivity contribution in [3.8, 4) is 5.82 Å². The molecule has 2 aromatic heterocycles. The maximum atomic E-state index is 13.4. The number of oxime groups is 1. The SMILES string of the molecule is CCO/N=C/CCCNC(=O)c1cc(Cl)cc(C)c1NC(=O)c1cc(C(F)F)nn1-c1ncccc1Cl. The van der Waals surface area contributed by atoms with Crippen molar-refractivity contribution < 1.29 is 23.2 Å². The number of nitrogens with one attached hydrogen (secondary N) is 2. The third-order valence-electron chi connectivity index (χ3n) is 4.98. The molecule has 3 aromatic rings. The van der Waals surface area contributed by atoms with E-state index in [1.54, 1.807) is 25.3 Å². The molecule has 0 bridgehead atoms. The lowest BCUT2D eigenvalue weighted by Gasteiger charge is -2.15. The van der Waals surface area contributed by atoms with Gasteiger partial charge < -0.3 is 15.5 Å². The third-order valence-corrected chi connectivity index (χ3v) is 5.49. The second-order valence-corrected chi connectivity index (χ2v) is 8.52. The van der Waals surface area contributed by atoms with Crippen LogP contribution in [0.2, 0.25) is 10.0 Å². The lowest BCUT2D eigenvalue weighted by molar-refractivity contribution is 0.0954. The Labute approximate surface area is 221 Å². The Morgan fingerprint density at radius 3 is 2.73 bits per heavy atom. The van der Waals surface area contributed by atoms with Crippen molar-refractivity contribution in [3.05, 3.63) is 69.1 Å². The first-order valence-corrected chi connectivity index (χ1v) is 12.0. The number of carbonyl (C=O) groups excluding carboxylic acids is 2. The molecule has 0 radical (unpaired) electrons. The van der Waals surface area contributed by atoms with Gasteiger partial charge in [-0.05, 0) is 62.6 Å². The van der Waals surface area contributed by atoms with Crippen LogP contribution in [-0.2, 0) is 4.84 Å². The van der Waals surface area contributed by atoms with E-state index in [2.05, 4.69) is 25.9 Å². The average molecular weight is 553 g/mol. The molecule has 13 heteroatoms. The van der Waals surface area contributed by atoms with Crippen LogP contribution in [0.3, 0.4) is 0 Å². The van der Waals surface area contributed by atoms with Crippen LogP contribution < -0.4 is 10.6 Å². The summed E-state index contributed by atoms with van der Waals surface area (Å²) < 4.78 is 27.8. The molecule has 2 heterocycles. The zero-order valence-electron chi connectivity index (χ0n) is 20.0. The van der Waals surface area contributed by atoms with E-state index in [1.165, 1.54) is 18.3 Å². The summed E-state index contributed by atoms with van der Waals surface area (Å²) in [5, 5.41) is 13.3. The van der Waals surface area contributed by atoms with Crippen LogP contribution in [0.5, 0.6) is 0 Å². The van der Waals surface area contributed by atoms with Crippen LogP contribution in [0, 0.1) is 6.92 Å². The Morgan fingerprint density at radius 2 is 2.03 bits per heavy atom. The summed E-state index contributed by atoms with van der Waals surface area (Å²) in [5.74, 6) is -1.27. The number of aryl methyl sites for hydroxylation is 1. The molecular weight excluding hydrogens is 529 g/mol. The van der Waals surface area contributed by atoms with Crippen LogP contribution in [-0.4, -0.2) is 45.9 Å². The van der Waals surface area contributed by atoms with Crippen LogP contribution in [0.1, 0.15) is 58.3 Å². The average Bonchev–Trinajstić information content (AvgIpc) is 3.31. The van der Waals surface area contributed by atoms with Crippen LogP contribution in [0.25, 0.3) is 5.82 Å². The summed E-state index contributed by atoms with van der Waals surface area (Å²) >= 11 is 12.3. The molecule has 0 aliphatic heterocycles. The minimum Gasteiger partial charge on any atom is -0.396 e. The standard InChI is InChI=1S/C24H24Cl2F2N6O3/c1-3-37-31-10-5-4-8-30-23(35)16-12-15(25)11-14(2)20(16)32-24(36)19-13-18(21(27)28)33-34(19)22-17(26)7-6-9-29-22/h6-7,9-13,21H,3-5,8H2,1-2H3,(H,30,35)(H,32,36)/b31-10+. The Hall–Kier alpha value is -3.57. The summed E-state index contributed by atoms with van der Waals surface area (Å²) in [4.78, 5) is 35.1. The smallest absolute Gasteiger partial charge is 0.282 e. The molecule has 0 aliphatic rings. The number of pyridine rings is 1. The van der Waals surface area contributed by atoms with E-state index in [0.717, 1.165) is 10.7 Å². The minimum absolute atomic E-state index is 0.000104. The molecule has 2 N–H and O–H groups in total. The number of hydrogen-bond donors (Lipinski definition) is 2. The van der Waals surface area contributed by atoms with Gasteiger partial charge in [-0.2, -0.15) is 5.10 Å².